The van der Waals surface area contributed by atoms with Crippen molar-refractivity contribution in [3.63, 3.8) is 0 Å². The highest BCUT2D eigenvalue weighted by atomic mass is 19.2. The van der Waals surface area contributed by atoms with Crippen LogP contribution in [0.3, 0.4) is 0 Å². The monoisotopic (exact) mass is 229 g/mol. The molecule has 0 fully saturated rings. The van der Waals surface area contributed by atoms with Crippen LogP contribution in [-0.4, -0.2) is 6.54 Å². The molecule has 0 spiro atoms. The zero-order valence-electron chi connectivity index (χ0n) is 7.13. The minimum absolute atomic E-state index is 0.877. The van der Waals surface area contributed by atoms with E-state index in [9.17, 15) is 26.3 Å². The third kappa shape index (κ3) is 1.79. The second kappa shape index (κ2) is 4.09. The van der Waals surface area contributed by atoms with Crippen molar-refractivity contribution in [2.45, 2.75) is 6.17 Å². The Morgan fingerprint density at radius 2 is 1.13 bits per heavy atom. The Morgan fingerprint density at radius 1 is 0.800 bits per heavy atom. The Labute approximate surface area is 80.5 Å². The lowest BCUT2D eigenvalue weighted by Gasteiger charge is -2.10. The number of hydrogen-bond acceptors (Lipinski definition) is 1. The normalized spacial score (nSPS) is 13.0. The number of benzene rings is 1. The predicted molar refractivity (Wildman–Crippen MR) is 39.1 cm³/mol. The first-order chi connectivity index (χ1) is 6.91. The number of rotatable bonds is 2. The molecule has 0 aliphatic carbocycles. The lowest BCUT2D eigenvalue weighted by atomic mass is 10.1. The third-order valence-electron chi connectivity index (χ3n) is 1.76. The summed E-state index contributed by atoms with van der Waals surface area (Å²) in [5.41, 5.74) is 3.20. The van der Waals surface area contributed by atoms with E-state index in [-0.39, 0.29) is 0 Å². The Kier molecular flexibility index (Phi) is 3.23. The van der Waals surface area contributed by atoms with E-state index in [0.717, 1.165) is 0 Å². The molecule has 1 aromatic rings. The van der Waals surface area contributed by atoms with Crippen LogP contribution in [-0.2, 0) is 0 Å². The minimum Gasteiger partial charge on any atom is -0.327 e. The number of halogens is 6. The first kappa shape index (κ1) is 11.8. The molecule has 2 N–H and O–H groups in total. The second-order valence-electron chi connectivity index (χ2n) is 2.69. The van der Waals surface area contributed by atoms with E-state index < -0.39 is 47.4 Å². The van der Waals surface area contributed by atoms with Gasteiger partial charge in [-0.25, -0.2) is 26.3 Å². The Balaban J connectivity index is 3.52. The average Bonchev–Trinajstić information content (AvgIpc) is 2.23. The maximum absolute atomic E-state index is 12.8. The van der Waals surface area contributed by atoms with Gasteiger partial charge < -0.3 is 5.73 Å². The molecule has 0 saturated heterocycles. The van der Waals surface area contributed by atoms with Gasteiger partial charge in [-0.15, -0.1) is 0 Å². The summed E-state index contributed by atoms with van der Waals surface area (Å²) in [5.74, 6) is -11.1. The molecule has 1 unspecified atom stereocenters. The standard InChI is InChI=1S/C8H5F6N/c9-2(1-15)3-4(10)6(12)8(14)7(13)5(3)11/h2H,1,15H2. The highest BCUT2D eigenvalue weighted by molar-refractivity contribution is 5.26. The van der Waals surface area contributed by atoms with Gasteiger partial charge in [0, 0.05) is 6.54 Å². The summed E-state index contributed by atoms with van der Waals surface area (Å²) in [4.78, 5) is 0. The molecule has 0 aromatic heterocycles. The van der Waals surface area contributed by atoms with E-state index in [0.29, 0.717) is 0 Å². The number of alkyl halides is 1. The first-order valence-corrected chi connectivity index (χ1v) is 3.77. The fraction of sp³-hybridized carbons (Fsp3) is 0.250. The van der Waals surface area contributed by atoms with E-state index in [1.807, 2.05) is 0 Å². The van der Waals surface area contributed by atoms with Crippen molar-refractivity contribution in [2.24, 2.45) is 5.73 Å². The first-order valence-electron chi connectivity index (χ1n) is 3.77. The molecule has 0 heterocycles. The summed E-state index contributed by atoms with van der Waals surface area (Å²) < 4.78 is 76.0. The smallest absolute Gasteiger partial charge is 0.200 e. The van der Waals surface area contributed by atoms with E-state index in [1.165, 1.54) is 0 Å². The van der Waals surface area contributed by atoms with Crippen molar-refractivity contribution in [2.75, 3.05) is 6.54 Å². The van der Waals surface area contributed by atoms with Gasteiger partial charge >= 0.3 is 0 Å². The van der Waals surface area contributed by atoms with Crippen LogP contribution >= 0.6 is 0 Å². The van der Waals surface area contributed by atoms with Gasteiger partial charge in [-0.05, 0) is 0 Å². The number of hydrogen-bond donors (Lipinski definition) is 1. The molecule has 0 radical (unpaired) electrons. The average molecular weight is 229 g/mol. The Bertz CT molecular complexity index is 362. The van der Waals surface area contributed by atoms with Crippen molar-refractivity contribution >= 4 is 0 Å². The van der Waals surface area contributed by atoms with Gasteiger partial charge in [0.05, 0.1) is 5.56 Å². The SMILES string of the molecule is NCC(F)c1c(F)c(F)c(F)c(F)c1F. The molecule has 1 nitrogen and oxygen atoms in total. The zero-order chi connectivity index (χ0) is 11.7. The van der Waals surface area contributed by atoms with Gasteiger partial charge in [-0.3, -0.25) is 0 Å². The van der Waals surface area contributed by atoms with Crippen LogP contribution in [0.5, 0.6) is 0 Å². The fourth-order valence-corrected chi connectivity index (χ4v) is 1.01. The van der Waals surface area contributed by atoms with Gasteiger partial charge in [-0.2, -0.15) is 0 Å². The van der Waals surface area contributed by atoms with Crippen LogP contribution in [0.2, 0.25) is 0 Å². The fourth-order valence-electron chi connectivity index (χ4n) is 1.01. The predicted octanol–water partition coefficient (Wildman–Crippen LogP) is 2.35. The maximum Gasteiger partial charge on any atom is 0.200 e. The van der Waals surface area contributed by atoms with E-state index >= 15 is 0 Å². The second-order valence-corrected chi connectivity index (χ2v) is 2.69. The van der Waals surface area contributed by atoms with Gasteiger partial charge in [-0.1, -0.05) is 0 Å². The maximum atomic E-state index is 12.8. The molecule has 0 amide bonds. The molecule has 0 aliphatic rings. The molecule has 7 heteroatoms. The van der Waals surface area contributed by atoms with Crippen molar-refractivity contribution < 1.29 is 26.3 Å². The molecule has 1 rings (SSSR count). The van der Waals surface area contributed by atoms with Gasteiger partial charge in [0.25, 0.3) is 0 Å². The van der Waals surface area contributed by atoms with Crippen LogP contribution in [0.15, 0.2) is 0 Å². The zero-order valence-corrected chi connectivity index (χ0v) is 7.13. The highest BCUT2D eigenvalue weighted by Gasteiger charge is 2.29. The van der Waals surface area contributed by atoms with Crippen molar-refractivity contribution in [1.82, 2.24) is 0 Å². The van der Waals surface area contributed by atoms with E-state index in [2.05, 4.69) is 0 Å². The summed E-state index contributed by atoms with van der Waals surface area (Å²) in [6.45, 7) is -0.877. The van der Waals surface area contributed by atoms with Gasteiger partial charge in [0.2, 0.25) is 5.82 Å². The topological polar surface area (TPSA) is 26.0 Å². The molecule has 0 aliphatic heterocycles. The molecule has 0 bridgehead atoms. The minimum atomic E-state index is -2.44. The summed E-state index contributed by atoms with van der Waals surface area (Å²) in [7, 11) is 0. The summed E-state index contributed by atoms with van der Waals surface area (Å²) >= 11 is 0. The highest BCUT2D eigenvalue weighted by Crippen LogP contribution is 2.28. The summed E-state index contributed by atoms with van der Waals surface area (Å²) in [5, 5.41) is 0. The third-order valence-corrected chi connectivity index (χ3v) is 1.76. The van der Waals surface area contributed by atoms with Crippen molar-refractivity contribution in [1.29, 1.82) is 0 Å². The molecule has 0 saturated carbocycles. The molecule has 15 heavy (non-hydrogen) atoms. The van der Waals surface area contributed by atoms with Gasteiger partial charge in [0.1, 0.15) is 6.17 Å². The van der Waals surface area contributed by atoms with E-state index in [1.54, 1.807) is 0 Å². The van der Waals surface area contributed by atoms with Crippen LogP contribution in [0, 0.1) is 29.1 Å². The quantitative estimate of drug-likeness (QED) is 0.470. The molecular formula is C8H5F6N. The van der Waals surface area contributed by atoms with Crippen molar-refractivity contribution in [3.05, 3.63) is 34.6 Å². The van der Waals surface area contributed by atoms with Crippen LogP contribution < -0.4 is 5.73 Å². The largest absolute Gasteiger partial charge is 0.327 e. The molecular weight excluding hydrogens is 224 g/mol. The summed E-state index contributed by atoms with van der Waals surface area (Å²) in [6, 6.07) is 0. The van der Waals surface area contributed by atoms with E-state index in [4.69, 9.17) is 5.73 Å². The summed E-state index contributed by atoms with van der Waals surface area (Å²) in [6.07, 6.45) is -2.44. The van der Waals surface area contributed by atoms with Crippen molar-refractivity contribution in [3.8, 4) is 0 Å². The van der Waals surface area contributed by atoms with Gasteiger partial charge in [0.15, 0.2) is 23.3 Å². The lowest BCUT2D eigenvalue weighted by Crippen LogP contribution is -2.15. The molecule has 1 atom stereocenters. The Morgan fingerprint density at radius 3 is 1.47 bits per heavy atom. The lowest BCUT2D eigenvalue weighted by molar-refractivity contribution is 0.301. The van der Waals surface area contributed by atoms with Crippen LogP contribution in [0.4, 0.5) is 26.3 Å². The number of nitrogens with two attached hydrogens (primary N) is 1. The Hall–Kier alpha value is -1.24. The van der Waals surface area contributed by atoms with Crippen LogP contribution in [0.25, 0.3) is 0 Å². The molecule has 1 aromatic carbocycles. The van der Waals surface area contributed by atoms with Crippen LogP contribution in [0.1, 0.15) is 11.7 Å². The molecule has 84 valence electrons.